The number of fused-ring (bicyclic) bond motifs is 2. The lowest BCUT2D eigenvalue weighted by Gasteiger charge is -2.30. The number of hydrogen-bond acceptors (Lipinski definition) is 5. The standard InChI is InChI=1S/C25H27BrN4.2C2HF3O2/c1-16-12-25(30-24-5-3-2-4-21(16)24)29-20-9-7-19(8-10-20)27-14-17-15-28-23-11-6-18(26)13-22(17)23;2*3-2(4,5)1(6)7/h2-6,11-13,15,19-20,27-28H,7-10,14H2,1H3,(H,29,30);2*(H,6,7)/t19-,20+;;. The lowest BCUT2D eigenvalue weighted by Crippen LogP contribution is -2.36. The van der Waals surface area contributed by atoms with Crippen LogP contribution in [0.2, 0.25) is 0 Å². The minimum absolute atomic E-state index is 0.500. The summed E-state index contributed by atoms with van der Waals surface area (Å²) >= 11 is 3.58. The number of anilines is 1. The fraction of sp³-hybridized carbons (Fsp3) is 0.345. The molecule has 1 saturated carbocycles. The molecule has 238 valence electrons. The van der Waals surface area contributed by atoms with Gasteiger partial charge in [-0.1, -0.05) is 34.1 Å². The summed E-state index contributed by atoms with van der Waals surface area (Å²) in [7, 11) is 0. The van der Waals surface area contributed by atoms with Crippen LogP contribution in [-0.2, 0) is 16.1 Å². The van der Waals surface area contributed by atoms with Crippen LogP contribution in [0.3, 0.4) is 0 Å². The van der Waals surface area contributed by atoms with Gasteiger partial charge in [-0.3, -0.25) is 0 Å². The lowest BCUT2D eigenvalue weighted by molar-refractivity contribution is -0.193. The monoisotopic (exact) mass is 690 g/mol. The molecule has 44 heavy (non-hydrogen) atoms. The van der Waals surface area contributed by atoms with Gasteiger partial charge in [-0.05, 0) is 74.1 Å². The highest BCUT2D eigenvalue weighted by atomic mass is 79.9. The zero-order valence-corrected chi connectivity index (χ0v) is 24.8. The molecule has 8 nitrogen and oxygen atoms in total. The van der Waals surface area contributed by atoms with Crippen molar-refractivity contribution in [2.24, 2.45) is 0 Å². The molecule has 0 atom stereocenters. The smallest absolute Gasteiger partial charge is 0.475 e. The predicted molar refractivity (Wildman–Crippen MR) is 156 cm³/mol. The highest BCUT2D eigenvalue weighted by Crippen LogP contribution is 2.26. The molecule has 0 saturated heterocycles. The molecular weight excluding hydrogens is 662 g/mol. The van der Waals surface area contributed by atoms with Gasteiger partial charge in [-0.25, -0.2) is 14.6 Å². The molecule has 1 aliphatic carbocycles. The molecule has 0 spiro atoms. The number of hydrogen-bond donors (Lipinski definition) is 5. The van der Waals surface area contributed by atoms with Crippen molar-refractivity contribution in [1.82, 2.24) is 15.3 Å². The van der Waals surface area contributed by atoms with Gasteiger partial charge in [0.15, 0.2) is 0 Å². The summed E-state index contributed by atoms with van der Waals surface area (Å²) in [5, 5.41) is 24.2. The second kappa shape index (κ2) is 14.8. The summed E-state index contributed by atoms with van der Waals surface area (Å²) in [6.45, 7) is 3.07. The SMILES string of the molecule is Cc1cc(N[C@H]2CC[C@@H](NCc3c[nH]c4ccc(Br)cc34)CC2)nc2ccccc12.O=C(O)C(F)(F)F.O=C(O)C(F)(F)F. The Kier molecular flexibility index (Phi) is 11.6. The van der Waals surface area contributed by atoms with Crippen molar-refractivity contribution in [2.75, 3.05) is 5.32 Å². The van der Waals surface area contributed by atoms with E-state index in [2.05, 4.69) is 93.2 Å². The number of pyridine rings is 1. The van der Waals surface area contributed by atoms with Crippen LogP contribution in [-0.4, -0.2) is 56.6 Å². The van der Waals surface area contributed by atoms with E-state index < -0.39 is 24.3 Å². The number of nitrogens with zero attached hydrogens (tertiary/aromatic N) is 1. The van der Waals surface area contributed by atoms with Crippen molar-refractivity contribution in [3.63, 3.8) is 0 Å². The second-order valence-electron chi connectivity index (χ2n) is 10.0. The molecule has 0 aliphatic heterocycles. The molecule has 15 heteroatoms. The number of nitrogens with one attached hydrogen (secondary N) is 3. The normalized spacial score (nSPS) is 16.8. The minimum atomic E-state index is -5.08. The van der Waals surface area contributed by atoms with Gasteiger partial charge in [-0.2, -0.15) is 26.3 Å². The molecular formula is C29H29BrF6N4O4. The summed E-state index contributed by atoms with van der Waals surface area (Å²) in [6, 6.07) is 18.0. The Balaban J connectivity index is 0.000000317. The van der Waals surface area contributed by atoms with E-state index in [-0.39, 0.29) is 0 Å². The molecule has 2 aromatic heterocycles. The number of carbonyl (C=O) groups is 2. The third-order valence-corrected chi connectivity index (χ3v) is 7.29. The first-order chi connectivity index (χ1) is 20.5. The van der Waals surface area contributed by atoms with Crippen LogP contribution < -0.4 is 10.6 Å². The zero-order valence-electron chi connectivity index (χ0n) is 23.2. The predicted octanol–water partition coefficient (Wildman–Crippen LogP) is 7.57. The average Bonchev–Trinajstić information content (AvgIpc) is 3.34. The fourth-order valence-corrected chi connectivity index (χ4v) is 4.99. The van der Waals surface area contributed by atoms with Crippen LogP contribution in [0.5, 0.6) is 0 Å². The number of aromatic amines is 1. The maximum absolute atomic E-state index is 10.6. The van der Waals surface area contributed by atoms with E-state index in [1.807, 2.05) is 0 Å². The van der Waals surface area contributed by atoms with Crippen molar-refractivity contribution in [1.29, 1.82) is 0 Å². The van der Waals surface area contributed by atoms with Gasteiger partial charge in [-0.15, -0.1) is 0 Å². The zero-order chi connectivity index (χ0) is 32.7. The van der Waals surface area contributed by atoms with Crippen LogP contribution in [0.1, 0.15) is 36.8 Å². The van der Waals surface area contributed by atoms with Crippen molar-refractivity contribution >= 4 is 55.5 Å². The van der Waals surface area contributed by atoms with Gasteiger partial charge in [0.2, 0.25) is 0 Å². The Hall–Kier alpha value is -3.85. The number of aryl methyl sites for hydroxylation is 1. The summed E-state index contributed by atoms with van der Waals surface area (Å²) in [5.41, 5.74) is 4.88. The quantitative estimate of drug-likeness (QED) is 0.137. The summed E-state index contributed by atoms with van der Waals surface area (Å²) in [4.78, 5) is 26.0. The van der Waals surface area contributed by atoms with Crippen LogP contribution in [0, 0.1) is 6.92 Å². The third-order valence-electron chi connectivity index (χ3n) is 6.80. The number of carboxylic acids is 2. The lowest BCUT2D eigenvalue weighted by atomic mass is 9.91. The second-order valence-corrected chi connectivity index (χ2v) is 10.9. The summed E-state index contributed by atoms with van der Waals surface area (Å²) < 4.78 is 64.6. The van der Waals surface area contributed by atoms with E-state index in [0.717, 1.165) is 22.4 Å². The first kappa shape index (κ1) is 34.6. The molecule has 0 unspecified atom stereocenters. The van der Waals surface area contributed by atoms with Crippen LogP contribution >= 0.6 is 15.9 Å². The highest BCUT2D eigenvalue weighted by Gasteiger charge is 2.38. The average molecular weight is 691 g/mol. The van der Waals surface area contributed by atoms with Crippen molar-refractivity contribution in [2.45, 2.75) is 63.6 Å². The molecule has 1 aliphatic rings. The topological polar surface area (TPSA) is 127 Å². The number of aliphatic carboxylic acids is 2. The number of carboxylic acid groups (broad SMARTS) is 2. The molecule has 0 amide bonds. The van der Waals surface area contributed by atoms with Crippen LogP contribution in [0.15, 0.2) is 59.2 Å². The Morgan fingerprint density at radius 2 is 1.48 bits per heavy atom. The van der Waals surface area contributed by atoms with E-state index in [4.69, 9.17) is 24.8 Å². The Bertz CT molecular complexity index is 1560. The molecule has 0 bridgehead atoms. The number of para-hydroxylation sites is 1. The van der Waals surface area contributed by atoms with E-state index >= 15 is 0 Å². The first-order valence-electron chi connectivity index (χ1n) is 13.3. The number of benzene rings is 2. The van der Waals surface area contributed by atoms with Crippen LogP contribution in [0.25, 0.3) is 21.8 Å². The highest BCUT2D eigenvalue weighted by molar-refractivity contribution is 9.10. The van der Waals surface area contributed by atoms with Gasteiger partial charge in [0, 0.05) is 45.6 Å². The molecule has 0 radical (unpaired) electrons. The number of rotatable bonds is 5. The van der Waals surface area contributed by atoms with Crippen LogP contribution in [0.4, 0.5) is 32.2 Å². The number of alkyl halides is 6. The fourth-order valence-electron chi connectivity index (χ4n) is 4.63. The van der Waals surface area contributed by atoms with E-state index in [1.54, 1.807) is 0 Å². The van der Waals surface area contributed by atoms with Gasteiger partial charge < -0.3 is 25.8 Å². The van der Waals surface area contributed by atoms with Gasteiger partial charge in [0.05, 0.1) is 5.52 Å². The van der Waals surface area contributed by atoms with E-state index in [1.165, 1.54) is 53.1 Å². The molecule has 2 heterocycles. The Labute approximate surface area is 256 Å². The molecule has 4 aromatic rings. The number of aromatic nitrogens is 2. The maximum atomic E-state index is 10.6. The Morgan fingerprint density at radius 1 is 0.909 bits per heavy atom. The first-order valence-corrected chi connectivity index (χ1v) is 14.1. The summed E-state index contributed by atoms with van der Waals surface area (Å²) in [5.74, 6) is -4.51. The summed E-state index contributed by atoms with van der Waals surface area (Å²) in [6.07, 6.45) is -3.31. The van der Waals surface area contributed by atoms with Gasteiger partial charge >= 0.3 is 24.3 Å². The van der Waals surface area contributed by atoms with Gasteiger partial charge in [0.25, 0.3) is 0 Å². The number of H-pyrrole nitrogens is 1. The molecule has 5 N–H and O–H groups in total. The maximum Gasteiger partial charge on any atom is 0.490 e. The van der Waals surface area contributed by atoms with Crippen molar-refractivity contribution < 1.29 is 46.1 Å². The largest absolute Gasteiger partial charge is 0.490 e. The van der Waals surface area contributed by atoms with Gasteiger partial charge in [0.1, 0.15) is 5.82 Å². The minimum Gasteiger partial charge on any atom is -0.475 e. The van der Waals surface area contributed by atoms with E-state index in [0.29, 0.717) is 12.1 Å². The van der Waals surface area contributed by atoms with E-state index in [9.17, 15) is 26.3 Å². The van der Waals surface area contributed by atoms with Crippen molar-refractivity contribution in [3.8, 4) is 0 Å². The Morgan fingerprint density at radius 3 is 2.07 bits per heavy atom. The molecule has 1 fully saturated rings. The molecule has 5 rings (SSSR count). The van der Waals surface area contributed by atoms with Crippen molar-refractivity contribution in [3.05, 3.63) is 70.3 Å². The number of halogens is 7. The molecule has 2 aromatic carbocycles. The third kappa shape index (κ3) is 10.1.